The number of morpholine rings is 1. The molecule has 2 unspecified atom stereocenters. The predicted octanol–water partition coefficient (Wildman–Crippen LogP) is 3.47. The van der Waals surface area contributed by atoms with Crippen LogP contribution in [0.3, 0.4) is 0 Å². The molecule has 4 nitrogen and oxygen atoms in total. The van der Waals surface area contributed by atoms with E-state index in [0.29, 0.717) is 6.54 Å². The predicted molar refractivity (Wildman–Crippen MR) is 102 cm³/mol. The largest absolute Gasteiger partial charge is 0.373 e. The molecule has 2 rings (SSSR count). The highest BCUT2D eigenvalue weighted by Gasteiger charge is 2.33. The van der Waals surface area contributed by atoms with Crippen LogP contribution in [0.1, 0.15) is 33.3 Å². The quantitative estimate of drug-likeness (QED) is 0.777. The number of carbonyl (C=O) groups is 1. The SMILES string of the molecule is CC1CN(C(C)(C)CNC(=O)/C=C/c2cccc(Br)c2)CC(C)O1. The minimum atomic E-state index is -0.106. The second-order valence-corrected chi connectivity index (χ2v) is 8.00. The van der Waals surface area contributed by atoms with Crippen molar-refractivity contribution in [2.75, 3.05) is 19.6 Å². The van der Waals surface area contributed by atoms with Gasteiger partial charge in [-0.25, -0.2) is 0 Å². The maximum Gasteiger partial charge on any atom is 0.244 e. The molecule has 1 aromatic carbocycles. The molecule has 1 aliphatic rings. The van der Waals surface area contributed by atoms with Gasteiger partial charge in [0, 0.05) is 35.7 Å². The molecule has 0 aliphatic carbocycles. The van der Waals surface area contributed by atoms with E-state index in [1.807, 2.05) is 30.3 Å². The van der Waals surface area contributed by atoms with Gasteiger partial charge in [0.15, 0.2) is 0 Å². The molecule has 1 heterocycles. The highest BCUT2D eigenvalue weighted by Crippen LogP contribution is 2.20. The summed E-state index contributed by atoms with van der Waals surface area (Å²) in [5, 5.41) is 3.01. The van der Waals surface area contributed by atoms with Gasteiger partial charge in [-0.05, 0) is 51.5 Å². The van der Waals surface area contributed by atoms with Crippen molar-refractivity contribution in [2.24, 2.45) is 0 Å². The lowest BCUT2D eigenvalue weighted by atomic mass is 10.00. The van der Waals surface area contributed by atoms with Crippen molar-refractivity contribution in [3.63, 3.8) is 0 Å². The van der Waals surface area contributed by atoms with E-state index >= 15 is 0 Å². The number of benzene rings is 1. The van der Waals surface area contributed by atoms with E-state index in [4.69, 9.17) is 4.74 Å². The molecule has 1 aliphatic heterocycles. The van der Waals surface area contributed by atoms with Crippen LogP contribution in [0.15, 0.2) is 34.8 Å². The van der Waals surface area contributed by atoms with Crippen LogP contribution >= 0.6 is 15.9 Å². The Morgan fingerprint density at radius 3 is 2.67 bits per heavy atom. The van der Waals surface area contributed by atoms with Gasteiger partial charge in [-0.2, -0.15) is 0 Å². The molecule has 1 saturated heterocycles. The van der Waals surface area contributed by atoms with Crippen LogP contribution in [-0.2, 0) is 9.53 Å². The van der Waals surface area contributed by atoms with Crippen LogP contribution in [0.5, 0.6) is 0 Å². The number of nitrogens with zero attached hydrogens (tertiary/aromatic N) is 1. The third-order valence-electron chi connectivity index (χ3n) is 4.25. The molecule has 0 bridgehead atoms. The molecule has 1 N–H and O–H groups in total. The Morgan fingerprint density at radius 2 is 2.04 bits per heavy atom. The van der Waals surface area contributed by atoms with Crippen LogP contribution in [0.4, 0.5) is 0 Å². The highest BCUT2D eigenvalue weighted by atomic mass is 79.9. The van der Waals surface area contributed by atoms with Gasteiger partial charge in [0.25, 0.3) is 0 Å². The summed E-state index contributed by atoms with van der Waals surface area (Å²) in [6.07, 6.45) is 3.86. The first-order valence-corrected chi connectivity index (χ1v) is 9.17. The third kappa shape index (κ3) is 5.72. The Bertz CT molecular complexity index is 591. The Kier molecular flexibility index (Phi) is 6.61. The second kappa shape index (κ2) is 8.28. The van der Waals surface area contributed by atoms with Crippen molar-refractivity contribution in [2.45, 2.75) is 45.4 Å². The molecular formula is C19H27BrN2O2. The Labute approximate surface area is 153 Å². The fourth-order valence-electron chi connectivity index (χ4n) is 2.93. The summed E-state index contributed by atoms with van der Waals surface area (Å²) in [4.78, 5) is 14.5. The highest BCUT2D eigenvalue weighted by molar-refractivity contribution is 9.10. The number of rotatable bonds is 5. The third-order valence-corrected chi connectivity index (χ3v) is 4.74. The van der Waals surface area contributed by atoms with Crippen LogP contribution < -0.4 is 5.32 Å². The van der Waals surface area contributed by atoms with E-state index < -0.39 is 0 Å². The summed E-state index contributed by atoms with van der Waals surface area (Å²) >= 11 is 3.43. The Balaban J connectivity index is 1.88. The lowest BCUT2D eigenvalue weighted by molar-refractivity contribution is -0.118. The topological polar surface area (TPSA) is 41.6 Å². The zero-order valence-corrected chi connectivity index (χ0v) is 16.5. The van der Waals surface area contributed by atoms with Crippen molar-refractivity contribution in [1.29, 1.82) is 0 Å². The molecule has 1 aromatic rings. The average molecular weight is 395 g/mol. The fourth-order valence-corrected chi connectivity index (χ4v) is 3.35. The van der Waals surface area contributed by atoms with E-state index in [1.165, 1.54) is 0 Å². The van der Waals surface area contributed by atoms with Gasteiger partial charge in [0.05, 0.1) is 12.2 Å². The van der Waals surface area contributed by atoms with Gasteiger partial charge in [-0.1, -0.05) is 28.1 Å². The summed E-state index contributed by atoms with van der Waals surface area (Å²) in [5.74, 6) is -0.0718. The van der Waals surface area contributed by atoms with Crippen molar-refractivity contribution in [3.05, 3.63) is 40.4 Å². The maximum atomic E-state index is 12.1. The van der Waals surface area contributed by atoms with E-state index in [1.54, 1.807) is 6.08 Å². The molecule has 1 amide bonds. The number of ether oxygens (including phenoxy) is 1. The standard InChI is InChI=1S/C19H27BrN2O2/c1-14-11-22(12-15(2)24-14)19(3,4)13-21-18(23)9-8-16-6-5-7-17(20)10-16/h5-10,14-15H,11-13H2,1-4H3,(H,21,23)/b9-8+. The molecular weight excluding hydrogens is 368 g/mol. The molecule has 132 valence electrons. The average Bonchev–Trinajstić information content (AvgIpc) is 2.50. The van der Waals surface area contributed by atoms with Gasteiger partial charge < -0.3 is 10.1 Å². The first-order chi connectivity index (χ1) is 11.3. The normalized spacial score (nSPS) is 22.7. The van der Waals surface area contributed by atoms with Crippen molar-refractivity contribution < 1.29 is 9.53 Å². The molecule has 2 atom stereocenters. The minimum absolute atomic E-state index is 0.0718. The number of halogens is 1. The Hall–Kier alpha value is -1.17. The van der Waals surface area contributed by atoms with Crippen molar-refractivity contribution >= 4 is 27.9 Å². The minimum Gasteiger partial charge on any atom is -0.373 e. The second-order valence-electron chi connectivity index (χ2n) is 7.08. The van der Waals surface area contributed by atoms with E-state index in [0.717, 1.165) is 23.1 Å². The zero-order valence-electron chi connectivity index (χ0n) is 14.9. The van der Waals surface area contributed by atoms with Crippen LogP contribution in [0, 0.1) is 0 Å². The van der Waals surface area contributed by atoms with E-state index in [9.17, 15) is 4.79 Å². The number of amides is 1. The molecule has 0 radical (unpaired) electrons. The lowest BCUT2D eigenvalue weighted by Gasteiger charge is -2.45. The Morgan fingerprint density at radius 1 is 1.38 bits per heavy atom. The molecule has 0 aromatic heterocycles. The number of hydrogen-bond acceptors (Lipinski definition) is 3. The number of carbonyl (C=O) groups excluding carboxylic acids is 1. The molecule has 1 fully saturated rings. The smallest absolute Gasteiger partial charge is 0.244 e. The zero-order chi connectivity index (χ0) is 17.7. The van der Waals surface area contributed by atoms with E-state index in [2.05, 4.69) is 53.8 Å². The summed E-state index contributed by atoms with van der Waals surface area (Å²) in [5.41, 5.74) is 0.889. The van der Waals surface area contributed by atoms with Gasteiger partial charge in [0.1, 0.15) is 0 Å². The van der Waals surface area contributed by atoms with Gasteiger partial charge >= 0.3 is 0 Å². The summed E-state index contributed by atoms with van der Waals surface area (Å²) in [7, 11) is 0. The van der Waals surface area contributed by atoms with Crippen LogP contribution in [0.25, 0.3) is 6.08 Å². The summed E-state index contributed by atoms with van der Waals surface area (Å²) < 4.78 is 6.79. The molecule has 24 heavy (non-hydrogen) atoms. The lowest BCUT2D eigenvalue weighted by Crippen LogP contribution is -2.58. The summed E-state index contributed by atoms with van der Waals surface area (Å²) in [6, 6.07) is 7.86. The fraction of sp³-hybridized carbons (Fsp3) is 0.526. The van der Waals surface area contributed by atoms with Gasteiger partial charge in [0.2, 0.25) is 5.91 Å². The van der Waals surface area contributed by atoms with Crippen LogP contribution in [-0.4, -0.2) is 48.2 Å². The van der Waals surface area contributed by atoms with Crippen molar-refractivity contribution in [3.8, 4) is 0 Å². The molecule has 5 heteroatoms. The number of hydrogen-bond donors (Lipinski definition) is 1. The molecule has 0 saturated carbocycles. The van der Waals surface area contributed by atoms with Crippen molar-refractivity contribution in [1.82, 2.24) is 10.2 Å². The first-order valence-electron chi connectivity index (χ1n) is 8.38. The maximum absolute atomic E-state index is 12.1. The van der Waals surface area contributed by atoms with Crippen LogP contribution in [0.2, 0.25) is 0 Å². The van der Waals surface area contributed by atoms with E-state index in [-0.39, 0.29) is 23.7 Å². The monoisotopic (exact) mass is 394 g/mol. The van der Waals surface area contributed by atoms with Gasteiger partial charge in [-0.3, -0.25) is 9.69 Å². The number of nitrogens with one attached hydrogen (secondary N) is 1. The molecule has 0 spiro atoms. The van der Waals surface area contributed by atoms with Gasteiger partial charge in [-0.15, -0.1) is 0 Å². The summed E-state index contributed by atoms with van der Waals surface area (Å²) in [6.45, 7) is 10.9. The first kappa shape index (κ1) is 19.2.